The Morgan fingerprint density at radius 2 is 2.00 bits per heavy atom. The summed E-state index contributed by atoms with van der Waals surface area (Å²) in [5.41, 5.74) is 0.418. The summed E-state index contributed by atoms with van der Waals surface area (Å²) in [6.45, 7) is 8.59. The second-order valence-corrected chi connectivity index (χ2v) is 2.07. The quantitative estimate of drug-likeness (QED) is 0.333. The van der Waals surface area contributed by atoms with Gasteiger partial charge in [0.25, 0.3) is 0 Å². The highest BCUT2D eigenvalue weighted by Gasteiger charge is 2.02. The van der Waals surface area contributed by atoms with Gasteiger partial charge in [-0.1, -0.05) is 6.58 Å². The molecular weight excluding hydrogens is 128 g/mol. The van der Waals surface area contributed by atoms with Gasteiger partial charge < -0.3 is 4.74 Å². The summed E-state index contributed by atoms with van der Waals surface area (Å²) in [6.07, 6.45) is 1.72. The van der Waals surface area contributed by atoms with E-state index < -0.39 is 0 Å². The summed E-state index contributed by atoms with van der Waals surface area (Å²) in [5.74, 6) is 0.239. The number of hydrogen-bond donors (Lipinski definition) is 0. The van der Waals surface area contributed by atoms with Crippen molar-refractivity contribution in [1.82, 2.24) is 0 Å². The third-order valence-corrected chi connectivity index (χ3v) is 1.01. The lowest BCUT2D eigenvalue weighted by molar-refractivity contribution is -0.134. The first-order valence-corrected chi connectivity index (χ1v) is 3.08. The molecule has 0 aliphatic carbocycles. The number of esters is 1. The van der Waals surface area contributed by atoms with Crippen molar-refractivity contribution >= 4 is 5.97 Å². The fraction of sp³-hybridized carbons (Fsp3) is 0.375. The molecule has 0 radical (unpaired) electrons. The third-order valence-electron chi connectivity index (χ3n) is 1.01. The van der Waals surface area contributed by atoms with Gasteiger partial charge in [0.1, 0.15) is 5.76 Å². The molecule has 0 rings (SSSR count). The maximum Gasteiger partial charge on any atom is 0.338 e. The van der Waals surface area contributed by atoms with E-state index in [2.05, 4.69) is 6.58 Å². The Balaban J connectivity index is 3.93. The molecule has 0 aliphatic rings. The molecule has 0 aromatic heterocycles. The third kappa shape index (κ3) is 3.07. The van der Waals surface area contributed by atoms with E-state index >= 15 is 0 Å². The summed E-state index contributed by atoms with van der Waals surface area (Å²) in [7, 11) is 0. The number of carbonyl (C=O) groups excluding carboxylic acids is 1. The van der Waals surface area contributed by atoms with Crippen LogP contribution in [0.3, 0.4) is 0 Å². The summed E-state index contributed by atoms with van der Waals surface area (Å²) < 4.78 is 4.78. The molecule has 2 nitrogen and oxygen atoms in total. The van der Waals surface area contributed by atoms with Crippen LogP contribution in [-0.4, -0.2) is 5.97 Å². The van der Waals surface area contributed by atoms with Crippen molar-refractivity contribution in [1.29, 1.82) is 0 Å². The van der Waals surface area contributed by atoms with Gasteiger partial charge in [-0.25, -0.2) is 4.79 Å². The molecule has 2 heteroatoms. The molecular formula is C8H12O2. The number of allylic oxidation sites excluding steroid dienone is 2. The minimum atomic E-state index is -0.365. The van der Waals surface area contributed by atoms with Gasteiger partial charge in [-0.15, -0.1) is 0 Å². The van der Waals surface area contributed by atoms with Crippen molar-refractivity contribution in [2.75, 3.05) is 0 Å². The van der Waals surface area contributed by atoms with Gasteiger partial charge in [0.2, 0.25) is 0 Å². The molecule has 0 saturated carbocycles. The molecule has 0 fully saturated rings. The van der Waals surface area contributed by atoms with E-state index in [9.17, 15) is 4.79 Å². The lowest BCUT2D eigenvalue weighted by Gasteiger charge is -2.01. The predicted octanol–water partition coefficient (Wildman–Crippen LogP) is 2.03. The lowest BCUT2D eigenvalue weighted by Crippen LogP contribution is -2.02. The van der Waals surface area contributed by atoms with Crippen molar-refractivity contribution in [2.45, 2.75) is 20.8 Å². The number of rotatable bonds is 2. The minimum Gasteiger partial charge on any atom is -0.428 e. The van der Waals surface area contributed by atoms with E-state index in [4.69, 9.17) is 4.74 Å². The Bertz CT molecular complexity index is 178. The van der Waals surface area contributed by atoms with Gasteiger partial charge in [0.05, 0.1) is 0 Å². The van der Waals surface area contributed by atoms with Gasteiger partial charge in [-0.2, -0.15) is 0 Å². The smallest absolute Gasteiger partial charge is 0.338 e. The molecule has 0 aromatic carbocycles. The first kappa shape index (κ1) is 8.95. The normalized spacial score (nSPS) is 10.9. The zero-order valence-electron chi connectivity index (χ0n) is 6.60. The Hall–Kier alpha value is -1.05. The van der Waals surface area contributed by atoms with E-state index in [1.165, 1.54) is 0 Å². The maximum absolute atomic E-state index is 10.7. The van der Waals surface area contributed by atoms with E-state index in [0.29, 0.717) is 11.3 Å². The topological polar surface area (TPSA) is 26.3 Å². The highest BCUT2D eigenvalue weighted by molar-refractivity contribution is 5.87. The fourth-order valence-corrected chi connectivity index (χ4v) is 0.292. The van der Waals surface area contributed by atoms with Crippen LogP contribution in [0.4, 0.5) is 0 Å². The van der Waals surface area contributed by atoms with Crippen molar-refractivity contribution in [2.24, 2.45) is 0 Å². The molecule has 0 heterocycles. The van der Waals surface area contributed by atoms with E-state index in [1.54, 1.807) is 26.8 Å². The van der Waals surface area contributed by atoms with Crippen molar-refractivity contribution in [3.8, 4) is 0 Å². The van der Waals surface area contributed by atoms with E-state index in [-0.39, 0.29) is 5.97 Å². The second kappa shape index (κ2) is 3.88. The van der Waals surface area contributed by atoms with Crippen molar-refractivity contribution in [3.63, 3.8) is 0 Å². The van der Waals surface area contributed by atoms with E-state index in [0.717, 1.165) is 0 Å². The van der Waals surface area contributed by atoms with Crippen LogP contribution in [-0.2, 0) is 9.53 Å². The molecule has 56 valence electrons. The van der Waals surface area contributed by atoms with Crippen LogP contribution in [0.25, 0.3) is 0 Å². The summed E-state index contributed by atoms with van der Waals surface area (Å²) in [6, 6.07) is 0. The maximum atomic E-state index is 10.7. The van der Waals surface area contributed by atoms with Crippen LogP contribution in [0.5, 0.6) is 0 Å². The molecule has 0 unspecified atom stereocenters. The Labute approximate surface area is 61.2 Å². The summed E-state index contributed by atoms with van der Waals surface area (Å²) in [4.78, 5) is 10.7. The van der Waals surface area contributed by atoms with Crippen LogP contribution in [0.2, 0.25) is 0 Å². The van der Waals surface area contributed by atoms with Gasteiger partial charge in [-0.05, 0) is 26.8 Å². The van der Waals surface area contributed by atoms with Gasteiger partial charge in [-0.3, -0.25) is 0 Å². The zero-order valence-corrected chi connectivity index (χ0v) is 6.60. The minimum absolute atomic E-state index is 0.365. The largest absolute Gasteiger partial charge is 0.428 e. The molecule has 0 N–H and O–H groups in total. The number of ether oxygens (including phenoxy) is 1. The van der Waals surface area contributed by atoms with E-state index in [1.807, 2.05) is 0 Å². The highest BCUT2D eigenvalue weighted by atomic mass is 16.5. The van der Waals surface area contributed by atoms with Crippen LogP contribution >= 0.6 is 0 Å². The first-order valence-electron chi connectivity index (χ1n) is 3.08. The van der Waals surface area contributed by atoms with Crippen LogP contribution in [0.15, 0.2) is 24.0 Å². The molecule has 10 heavy (non-hydrogen) atoms. The van der Waals surface area contributed by atoms with Gasteiger partial charge in [0.15, 0.2) is 0 Å². The van der Waals surface area contributed by atoms with Crippen molar-refractivity contribution in [3.05, 3.63) is 24.0 Å². The highest BCUT2D eigenvalue weighted by Crippen LogP contribution is 1.99. The Morgan fingerprint density at radius 3 is 2.30 bits per heavy atom. The molecule has 0 aromatic rings. The predicted molar refractivity (Wildman–Crippen MR) is 40.3 cm³/mol. The monoisotopic (exact) mass is 140 g/mol. The molecule has 0 amide bonds. The fourth-order valence-electron chi connectivity index (χ4n) is 0.292. The molecule has 0 atom stereocenters. The van der Waals surface area contributed by atoms with Gasteiger partial charge in [0, 0.05) is 5.57 Å². The average Bonchev–Trinajstić information content (AvgIpc) is 1.87. The lowest BCUT2D eigenvalue weighted by atomic mass is 10.4. The Morgan fingerprint density at radius 1 is 1.50 bits per heavy atom. The zero-order chi connectivity index (χ0) is 8.15. The SMILES string of the molecule is C=C(C)C(=O)OC(C)=CC. The molecule has 0 spiro atoms. The molecule has 0 aliphatic heterocycles. The van der Waals surface area contributed by atoms with Crippen molar-refractivity contribution < 1.29 is 9.53 Å². The standard InChI is InChI=1S/C8H12O2/c1-5-7(4)10-8(9)6(2)3/h5H,2H2,1,3-4H3. The first-order chi connectivity index (χ1) is 4.57. The van der Waals surface area contributed by atoms with Crippen LogP contribution in [0.1, 0.15) is 20.8 Å². The summed E-state index contributed by atoms with van der Waals surface area (Å²) >= 11 is 0. The second-order valence-electron chi connectivity index (χ2n) is 2.07. The van der Waals surface area contributed by atoms with Gasteiger partial charge >= 0.3 is 5.97 Å². The molecule has 0 saturated heterocycles. The number of carbonyl (C=O) groups is 1. The molecule has 0 bridgehead atoms. The summed E-state index contributed by atoms with van der Waals surface area (Å²) in [5, 5.41) is 0. The number of hydrogen-bond acceptors (Lipinski definition) is 2. The Kier molecular flexibility index (Phi) is 3.47. The van der Waals surface area contributed by atoms with Crippen LogP contribution < -0.4 is 0 Å². The van der Waals surface area contributed by atoms with Crippen LogP contribution in [0, 0.1) is 0 Å². The average molecular weight is 140 g/mol.